The molecular weight excluding hydrogens is 467 g/mol. The summed E-state index contributed by atoms with van der Waals surface area (Å²) in [6.07, 6.45) is -4.33. The van der Waals surface area contributed by atoms with E-state index < -0.39 is 21.9 Å². The highest BCUT2D eigenvalue weighted by molar-refractivity contribution is 9.10. The zero-order chi connectivity index (χ0) is 21.1. The van der Waals surface area contributed by atoms with Gasteiger partial charge in [-0.25, -0.2) is 13.1 Å². The van der Waals surface area contributed by atoms with Gasteiger partial charge in [0.15, 0.2) is 5.69 Å². The number of ether oxygens (including phenoxy) is 2. The molecule has 2 aromatic rings. The van der Waals surface area contributed by atoms with Crippen molar-refractivity contribution in [3.63, 3.8) is 0 Å². The molecule has 1 N–H and O–H groups in total. The summed E-state index contributed by atoms with van der Waals surface area (Å²) < 4.78 is 77.2. The molecule has 0 saturated carbocycles. The van der Waals surface area contributed by atoms with Crippen molar-refractivity contribution < 1.29 is 31.1 Å². The summed E-state index contributed by atoms with van der Waals surface area (Å²) in [6.45, 7) is 1.62. The Morgan fingerprint density at radius 1 is 1.25 bits per heavy atom. The highest BCUT2D eigenvalue weighted by Gasteiger charge is 2.37. The summed E-state index contributed by atoms with van der Waals surface area (Å²) in [5.41, 5.74) is -0.694. The van der Waals surface area contributed by atoms with Crippen molar-refractivity contribution in [2.45, 2.75) is 31.0 Å². The van der Waals surface area contributed by atoms with E-state index in [1.54, 1.807) is 0 Å². The number of alkyl halides is 3. The van der Waals surface area contributed by atoms with Crippen molar-refractivity contribution in [1.29, 1.82) is 0 Å². The molecule has 0 unspecified atom stereocenters. The fourth-order valence-corrected chi connectivity index (χ4v) is 4.16. The largest absolute Gasteiger partial charge is 0.497 e. The maximum absolute atomic E-state index is 12.9. The fraction of sp³-hybridized carbons (Fsp3) is 0.438. The quantitative estimate of drug-likeness (QED) is 0.579. The van der Waals surface area contributed by atoms with Crippen LogP contribution in [0.1, 0.15) is 17.8 Å². The molecule has 1 aromatic carbocycles. The molecule has 1 aromatic heterocycles. The van der Waals surface area contributed by atoms with Crippen LogP contribution in [0, 0.1) is 6.92 Å². The van der Waals surface area contributed by atoms with E-state index in [1.165, 1.54) is 44.0 Å². The van der Waals surface area contributed by atoms with Crippen LogP contribution in [0.5, 0.6) is 11.5 Å². The lowest BCUT2D eigenvalue weighted by atomic mass is 10.3. The lowest BCUT2D eigenvalue weighted by Gasteiger charge is -2.12. The Balaban J connectivity index is 2.04. The second kappa shape index (κ2) is 8.70. The van der Waals surface area contributed by atoms with Gasteiger partial charge in [0.05, 0.1) is 24.4 Å². The Morgan fingerprint density at radius 3 is 2.46 bits per heavy atom. The average Bonchev–Trinajstić information content (AvgIpc) is 2.93. The minimum absolute atomic E-state index is 0.00971. The lowest BCUT2D eigenvalue weighted by molar-refractivity contribution is -0.142. The van der Waals surface area contributed by atoms with Crippen LogP contribution < -0.4 is 14.2 Å². The first-order valence-electron chi connectivity index (χ1n) is 8.03. The number of nitrogens with zero attached hydrogens (tertiary/aromatic N) is 2. The Labute approximate surface area is 169 Å². The molecule has 0 spiro atoms. The standard InChI is InChI=1S/C16H19BrF3N3O4S/c1-10-14(17)15(16(18,19)20)22-23(10)8-4-7-21-28(24,25)13-6-5-11(26-2)9-12(13)27-3/h5-6,9,21H,4,7-8H2,1-3H3. The van der Waals surface area contributed by atoms with E-state index in [1.807, 2.05) is 0 Å². The molecule has 0 aliphatic rings. The molecule has 28 heavy (non-hydrogen) atoms. The molecule has 1 heterocycles. The van der Waals surface area contributed by atoms with Gasteiger partial charge < -0.3 is 9.47 Å². The van der Waals surface area contributed by atoms with Crippen LogP contribution >= 0.6 is 15.9 Å². The van der Waals surface area contributed by atoms with E-state index in [-0.39, 0.29) is 34.6 Å². The summed E-state index contributed by atoms with van der Waals surface area (Å²) >= 11 is 2.90. The topological polar surface area (TPSA) is 82.5 Å². The zero-order valence-electron chi connectivity index (χ0n) is 15.3. The van der Waals surface area contributed by atoms with Gasteiger partial charge in [-0.3, -0.25) is 4.68 Å². The molecule has 0 saturated heterocycles. The second-order valence-electron chi connectivity index (χ2n) is 5.74. The van der Waals surface area contributed by atoms with Crippen LogP contribution in [0.2, 0.25) is 0 Å². The molecule has 0 amide bonds. The minimum Gasteiger partial charge on any atom is -0.497 e. The lowest BCUT2D eigenvalue weighted by Crippen LogP contribution is -2.26. The van der Waals surface area contributed by atoms with E-state index in [2.05, 4.69) is 25.8 Å². The molecule has 0 aliphatic carbocycles. The van der Waals surface area contributed by atoms with Crippen LogP contribution in [-0.4, -0.2) is 39.0 Å². The van der Waals surface area contributed by atoms with Gasteiger partial charge in [0.2, 0.25) is 10.0 Å². The third-order valence-corrected chi connectivity index (χ3v) is 6.35. The van der Waals surface area contributed by atoms with Crippen molar-refractivity contribution in [3.8, 4) is 11.5 Å². The van der Waals surface area contributed by atoms with Crippen LogP contribution in [0.3, 0.4) is 0 Å². The van der Waals surface area contributed by atoms with E-state index in [0.29, 0.717) is 11.4 Å². The van der Waals surface area contributed by atoms with Crippen molar-refractivity contribution in [3.05, 3.63) is 34.1 Å². The Hall–Kier alpha value is -1.79. The van der Waals surface area contributed by atoms with Crippen LogP contribution in [0.4, 0.5) is 13.2 Å². The molecule has 0 radical (unpaired) electrons. The highest BCUT2D eigenvalue weighted by atomic mass is 79.9. The van der Waals surface area contributed by atoms with E-state index >= 15 is 0 Å². The van der Waals surface area contributed by atoms with Crippen molar-refractivity contribution >= 4 is 26.0 Å². The van der Waals surface area contributed by atoms with Gasteiger partial charge in [0.1, 0.15) is 16.4 Å². The number of aromatic nitrogens is 2. The monoisotopic (exact) mass is 485 g/mol. The number of hydrogen-bond acceptors (Lipinski definition) is 5. The molecule has 156 valence electrons. The predicted octanol–water partition coefficient (Wildman–Crippen LogP) is 3.36. The van der Waals surface area contributed by atoms with Crippen molar-refractivity contribution in [2.75, 3.05) is 20.8 Å². The highest BCUT2D eigenvalue weighted by Crippen LogP contribution is 2.35. The molecule has 0 atom stereocenters. The number of sulfonamides is 1. The number of rotatable bonds is 8. The fourth-order valence-electron chi connectivity index (χ4n) is 2.43. The number of methoxy groups -OCH3 is 2. The van der Waals surface area contributed by atoms with Gasteiger partial charge in [0.25, 0.3) is 0 Å². The second-order valence-corrected chi connectivity index (χ2v) is 8.27. The van der Waals surface area contributed by atoms with Crippen molar-refractivity contribution in [2.24, 2.45) is 0 Å². The van der Waals surface area contributed by atoms with Gasteiger partial charge in [-0.15, -0.1) is 0 Å². The molecule has 12 heteroatoms. The molecule has 0 aliphatic heterocycles. The number of hydrogen-bond donors (Lipinski definition) is 1. The van der Waals surface area contributed by atoms with Gasteiger partial charge in [-0.1, -0.05) is 0 Å². The van der Waals surface area contributed by atoms with E-state index in [0.717, 1.165) is 0 Å². The molecule has 7 nitrogen and oxygen atoms in total. The van der Waals surface area contributed by atoms with Crippen molar-refractivity contribution in [1.82, 2.24) is 14.5 Å². The maximum Gasteiger partial charge on any atom is 0.436 e. The summed E-state index contributed by atoms with van der Waals surface area (Å²) in [5, 5.41) is 3.55. The number of aryl methyl sites for hydroxylation is 1. The summed E-state index contributed by atoms with van der Waals surface area (Å²) in [5.74, 6) is 0.560. The molecule has 0 bridgehead atoms. The average molecular weight is 486 g/mol. The number of halogens is 4. The van der Waals surface area contributed by atoms with Crippen LogP contribution in [0.25, 0.3) is 0 Å². The van der Waals surface area contributed by atoms with Gasteiger partial charge in [-0.2, -0.15) is 18.3 Å². The minimum atomic E-state index is -4.57. The Kier molecular flexibility index (Phi) is 6.99. The third kappa shape index (κ3) is 4.97. The SMILES string of the molecule is COc1ccc(S(=O)(=O)NCCCn2nc(C(F)(F)F)c(Br)c2C)c(OC)c1. The maximum atomic E-state index is 12.9. The van der Waals surface area contributed by atoms with Crippen LogP contribution in [-0.2, 0) is 22.7 Å². The predicted molar refractivity (Wildman–Crippen MR) is 99.0 cm³/mol. The number of benzene rings is 1. The molecular formula is C16H19BrF3N3O4S. The van der Waals surface area contributed by atoms with Gasteiger partial charge in [0, 0.05) is 19.2 Å². The first-order chi connectivity index (χ1) is 13.0. The van der Waals surface area contributed by atoms with Crippen LogP contribution in [0.15, 0.2) is 27.6 Å². The first kappa shape index (κ1) is 22.5. The van der Waals surface area contributed by atoms with Gasteiger partial charge >= 0.3 is 6.18 Å². The third-order valence-electron chi connectivity index (χ3n) is 3.90. The molecule has 0 fully saturated rings. The first-order valence-corrected chi connectivity index (χ1v) is 10.3. The molecule has 2 rings (SSSR count). The smallest absolute Gasteiger partial charge is 0.436 e. The van der Waals surface area contributed by atoms with Gasteiger partial charge in [-0.05, 0) is 41.4 Å². The normalized spacial score (nSPS) is 12.2. The Morgan fingerprint density at radius 2 is 1.93 bits per heavy atom. The number of nitrogens with one attached hydrogen (secondary N) is 1. The van der Waals surface area contributed by atoms with E-state index in [9.17, 15) is 21.6 Å². The summed E-state index contributed by atoms with van der Waals surface area (Å²) in [4.78, 5) is -0.0619. The van der Waals surface area contributed by atoms with E-state index in [4.69, 9.17) is 9.47 Å². The zero-order valence-corrected chi connectivity index (χ0v) is 17.7. The summed E-state index contributed by atoms with van der Waals surface area (Å²) in [7, 11) is -1.09. The summed E-state index contributed by atoms with van der Waals surface area (Å²) in [6, 6.07) is 4.28. The Bertz CT molecular complexity index is 945.